The summed E-state index contributed by atoms with van der Waals surface area (Å²) in [5.74, 6) is -0.243. The Bertz CT molecular complexity index is 983. The van der Waals surface area contributed by atoms with Gasteiger partial charge in [-0.05, 0) is 31.2 Å². The zero-order valence-electron chi connectivity index (χ0n) is 15.9. The number of rotatable bonds is 4. The van der Waals surface area contributed by atoms with Crippen molar-refractivity contribution in [2.75, 3.05) is 13.1 Å². The lowest BCUT2D eigenvalue weighted by Gasteiger charge is -2.26. The summed E-state index contributed by atoms with van der Waals surface area (Å²) in [6.07, 6.45) is -0.279. The lowest BCUT2D eigenvalue weighted by atomic mass is 10.1. The first-order valence-corrected chi connectivity index (χ1v) is 9.19. The highest BCUT2D eigenvalue weighted by Crippen LogP contribution is 2.30. The maximum absolute atomic E-state index is 12.9. The Morgan fingerprint density at radius 1 is 1.30 bits per heavy atom. The molecule has 0 radical (unpaired) electrons. The molecule has 158 valence electrons. The van der Waals surface area contributed by atoms with Crippen molar-refractivity contribution in [2.45, 2.75) is 19.5 Å². The van der Waals surface area contributed by atoms with E-state index in [4.69, 9.17) is 0 Å². The smallest absolute Gasteiger partial charge is 0.405 e. The number of alkyl halides is 3. The maximum atomic E-state index is 12.9. The quantitative estimate of drug-likeness (QED) is 0.590. The zero-order valence-corrected chi connectivity index (χ0v) is 15.9. The minimum absolute atomic E-state index is 0.162. The van der Waals surface area contributed by atoms with Gasteiger partial charge in [0.1, 0.15) is 23.4 Å². The van der Waals surface area contributed by atoms with Gasteiger partial charge in [0.25, 0.3) is 5.91 Å². The number of halogens is 3. The van der Waals surface area contributed by atoms with Crippen molar-refractivity contribution in [3.8, 4) is 5.75 Å². The molecule has 0 aromatic heterocycles. The van der Waals surface area contributed by atoms with Gasteiger partial charge in [-0.3, -0.25) is 4.79 Å². The summed E-state index contributed by atoms with van der Waals surface area (Å²) < 4.78 is 42.4. The van der Waals surface area contributed by atoms with Gasteiger partial charge in [0.15, 0.2) is 0 Å². The van der Waals surface area contributed by atoms with Crippen LogP contribution in [0.2, 0.25) is 0 Å². The van der Waals surface area contributed by atoms with Crippen LogP contribution in [0.4, 0.5) is 13.2 Å². The standard InChI is InChI=1S/C19H19F3N6O2/c1-11-17(18(29)26-15-10-23-8-9-24-15)28-16(25-11)7-6-13(27-28)12-4-2-3-5-14(12)30-19(20,21)22/h2-7,10,16,23-25H,8-9H2,1H3,(H,26,29). The molecule has 8 nitrogen and oxygen atoms in total. The van der Waals surface area contributed by atoms with E-state index >= 15 is 0 Å². The summed E-state index contributed by atoms with van der Waals surface area (Å²) in [5.41, 5.74) is 1.26. The third kappa shape index (κ3) is 4.04. The fourth-order valence-electron chi connectivity index (χ4n) is 3.30. The highest BCUT2D eigenvalue weighted by Gasteiger charge is 2.36. The van der Waals surface area contributed by atoms with Crippen LogP contribution in [-0.4, -0.2) is 42.2 Å². The number of ether oxygens (including phenoxy) is 1. The molecule has 0 saturated heterocycles. The molecule has 4 N–H and O–H groups in total. The number of amides is 1. The Hall–Kier alpha value is -3.63. The van der Waals surface area contributed by atoms with Crippen LogP contribution < -0.4 is 26.0 Å². The molecule has 0 saturated carbocycles. The molecule has 30 heavy (non-hydrogen) atoms. The molecule has 1 amide bonds. The number of benzene rings is 1. The van der Waals surface area contributed by atoms with Gasteiger partial charge in [-0.2, -0.15) is 5.10 Å². The molecule has 3 aliphatic heterocycles. The third-order valence-electron chi connectivity index (χ3n) is 4.55. The van der Waals surface area contributed by atoms with E-state index in [2.05, 4.69) is 31.1 Å². The summed E-state index contributed by atoms with van der Waals surface area (Å²) in [6.45, 7) is 3.14. The van der Waals surface area contributed by atoms with Crippen molar-refractivity contribution < 1.29 is 22.7 Å². The van der Waals surface area contributed by atoms with Gasteiger partial charge in [0.2, 0.25) is 0 Å². The number of allylic oxidation sites excluding steroid dienone is 2. The topological polar surface area (TPSA) is 90.0 Å². The molecule has 1 aromatic rings. The normalized spacial score (nSPS) is 20.4. The summed E-state index contributed by atoms with van der Waals surface area (Å²) in [6, 6.07) is 5.73. The maximum Gasteiger partial charge on any atom is 0.573 e. The van der Waals surface area contributed by atoms with Gasteiger partial charge >= 0.3 is 6.36 Å². The molecule has 1 unspecified atom stereocenters. The Balaban J connectivity index is 1.62. The van der Waals surface area contributed by atoms with Gasteiger partial charge in [-0.1, -0.05) is 12.1 Å². The molecule has 0 fully saturated rings. The van der Waals surface area contributed by atoms with Crippen molar-refractivity contribution >= 4 is 11.6 Å². The monoisotopic (exact) mass is 420 g/mol. The highest BCUT2D eigenvalue weighted by molar-refractivity contribution is 6.11. The van der Waals surface area contributed by atoms with Gasteiger partial charge in [0.05, 0.1) is 5.71 Å². The van der Waals surface area contributed by atoms with Crippen molar-refractivity contribution in [1.29, 1.82) is 0 Å². The molecule has 3 aliphatic rings. The van der Waals surface area contributed by atoms with E-state index in [1.54, 1.807) is 31.3 Å². The number of hydrazone groups is 1. The Morgan fingerprint density at radius 2 is 2.10 bits per heavy atom. The number of nitrogens with zero attached hydrogens (tertiary/aromatic N) is 2. The second kappa shape index (κ2) is 7.65. The number of hydrogen-bond donors (Lipinski definition) is 4. The number of fused-ring (bicyclic) bond motifs is 1. The lowest BCUT2D eigenvalue weighted by Crippen LogP contribution is -2.43. The first-order chi connectivity index (χ1) is 14.3. The number of para-hydroxylation sites is 1. The van der Waals surface area contributed by atoms with E-state index in [-0.39, 0.29) is 22.7 Å². The average Bonchev–Trinajstić information content (AvgIpc) is 3.03. The van der Waals surface area contributed by atoms with Crippen LogP contribution in [0, 0.1) is 0 Å². The van der Waals surface area contributed by atoms with E-state index in [1.807, 2.05) is 0 Å². The second-order valence-corrected chi connectivity index (χ2v) is 6.69. The van der Waals surface area contributed by atoms with Gasteiger partial charge < -0.3 is 26.0 Å². The van der Waals surface area contributed by atoms with E-state index in [9.17, 15) is 18.0 Å². The zero-order chi connectivity index (χ0) is 21.3. The van der Waals surface area contributed by atoms with Crippen LogP contribution in [0.15, 0.2) is 64.9 Å². The van der Waals surface area contributed by atoms with E-state index < -0.39 is 18.4 Å². The fourth-order valence-corrected chi connectivity index (χ4v) is 3.30. The van der Waals surface area contributed by atoms with Crippen LogP contribution in [-0.2, 0) is 4.79 Å². The largest absolute Gasteiger partial charge is 0.573 e. The molecule has 0 spiro atoms. The highest BCUT2D eigenvalue weighted by atomic mass is 19.4. The molecule has 1 aromatic carbocycles. The van der Waals surface area contributed by atoms with E-state index in [0.717, 1.165) is 6.54 Å². The minimum Gasteiger partial charge on any atom is -0.405 e. The summed E-state index contributed by atoms with van der Waals surface area (Å²) in [5, 5.41) is 17.9. The molecule has 0 bridgehead atoms. The molecule has 3 heterocycles. The Morgan fingerprint density at radius 3 is 2.83 bits per heavy atom. The fraction of sp³-hybridized carbons (Fsp3) is 0.263. The van der Waals surface area contributed by atoms with Gasteiger partial charge in [0, 0.05) is 30.5 Å². The van der Waals surface area contributed by atoms with E-state index in [0.29, 0.717) is 18.1 Å². The van der Waals surface area contributed by atoms with Crippen molar-refractivity contribution in [1.82, 2.24) is 26.3 Å². The lowest BCUT2D eigenvalue weighted by molar-refractivity contribution is -0.274. The molecule has 11 heteroatoms. The van der Waals surface area contributed by atoms with Crippen LogP contribution in [0.5, 0.6) is 5.75 Å². The van der Waals surface area contributed by atoms with Gasteiger partial charge in [-0.15, -0.1) is 13.2 Å². The Kier molecular flexibility index (Phi) is 5.02. The number of carbonyl (C=O) groups is 1. The number of nitrogens with one attached hydrogen (secondary N) is 4. The molecular weight excluding hydrogens is 401 g/mol. The average molecular weight is 420 g/mol. The summed E-state index contributed by atoms with van der Waals surface area (Å²) >= 11 is 0. The van der Waals surface area contributed by atoms with Crippen molar-refractivity contribution in [3.05, 3.63) is 65.4 Å². The third-order valence-corrected chi connectivity index (χ3v) is 4.55. The predicted molar refractivity (Wildman–Crippen MR) is 102 cm³/mol. The Labute approximate surface area is 170 Å². The van der Waals surface area contributed by atoms with Crippen molar-refractivity contribution in [2.24, 2.45) is 5.10 Å². The molecule has 4 rings (SSSR count). The summed E-state index contributed by atoms with van der Waals surface area (Å²) in [4.78, 5) is 12.9. The summed E-state index contributed by atoms with van der Waals surface area (Å²) in [7, 11) is 0. The van der Waals surface area contributed by atoms with Gasteiger partial charge in [-0.25, -0.2) is 5.01 Å². The van der Waals surface area contributed by atoms with Crippen LogP contribution in [0.25, 0.3) is 0 Å². The minimum atomic E-state index is -4.83. The van der Waals surface area contributed by atoms with Crippen LogP contribution in [0.1, 0.15) is 12.5 Å². The van der Waals surface area contributed by atoms with Crippen LogP contribution >= 0.6 is 0 Å². The number of hydrogen-bond acceptors (Lipinski definition) is 7. The molecule has 0 aliphatic carbocycles. The first-order valence-electron chi connectivity index (χ1n) is 9.19. The predicted octanol–water partition coefficient (Wildman–Crippen LogP) is 1.43. The molecular formula is C19H19F3N6O2. The van der Waals surface area contributed by atoms with E-state index in [1.165, 1.54) is 23.2 Å². The second-order valence-electron chi connectivity index (χ2n) is 6.69. The SMILES string of the molecule is CC1=C(C(=O)NC2=CNCCN2)N2N=C(c3ccccc3OC(F)(F)F)C=CC2N1. The van der Waals surface area contributed by atoms with Crippen molar-refractivity contribution in [3.63, 3.8) is 0 Å². The first kappa shape index (κ1) is 19.7. The van der Waals surface area contributed by atoms with Crippen LogP contribution in [0.3, 0.4) is 0 Å². The number of carbonyl (C=O) groups excluding carboxylic acids is 1. The molecule has 1 atom stereocenters.